The lowest BCUT2D eigenvalue weighted by molar-refractivity contribution is 0.0525. The van der Waals surface area contributed by atoms with Crippen molar-refractivity contribution in [1.82, 2.24) is 0 Å². The molecule has 5 heteroatoms. The Balaban J connectivity index is 3.27. The molecule has 0 bridgehead atoms. The van der Waals surface area contributed by atoms with Crippen molar-refractivity contribution in [3.8, 4) is 6.07 Å². The van der Waals surface area contributed by atoms with Crippen molar-refractivity contribution in [3.63, 3.8) is 0 Å². The molecule has 4 nitrogen and oxygen atoms in total. The first-order valence-corrected chi connectivity index (χ1v) is 5.29. The molecule has 0 aliphatic heterocycles. The number of nitrogens with zero attached hydrogens (tertiary/aromatic N) is 1. The fourth-order valence-corrected chi connectivity index (χ4v) is 1.67. The van der Waals surface area contributed by atoms with Gasteiger partial charge in [-0.15, -0.1) is 0 Å². The highest BCUT2D eigenvalue weighted by Crippen LogP contribution is 2.22. The molecule has 0 fully saturated rings. The van der Waals surface area contributed by atoms with E-state index in [1.807, 2.05) is 6.07 Å². The highest BCUT2D eigenvalue weighted by molar-refractivity contribution is 9.10. The molecule has 16 heavy (non-hydrogen) atoms. The van der Waals surface area contributed by atoms with E-state index in [1.54, 1.807) is 6.92 Å². The summed E-state index contributed by atoms with van der Waals surface area (Å²) in [6.07, 6.45) is 0.568. The molecule has 0 unspecified atom stereocenters. The molecule has 0 saturated carbocycles. The SMILES string of the molecule is CCOC(=O)c1cc(C#N)c(C=O)cc1Br. The smallest absolute Gasteiger partial charge is 0.339 e. The van der Waals surface area contributed by atoms with Crippen LogP contribution >= 0.6 is 15.9 Å². The van der Waals surface area contributed by atoms with Gasteiger partial charge in [0, 0.05) is 10.0 Å². The number of ether oxygens (including phenoxy) is 1. The summed E-state index contributed by atoms with van der Waals surface area (Å²) in [5, 5.41) is 8.80. The quantitative estimate of drug-likeness (QED) is 0.630. The van der Waals surface area contributed by atoms with Crippen LogP contribution in [0.1, 0.15) is 33.2 Å². The zero-order valence-electron chi connectivity index (χ0n) is 8.49. The standard InChI is InChI=1S/C11H8BrNO3/c1-2-16-11(15)9-3-7(5-13)8(6-14)4-10(9)12/h3-4,6H,2H2,1H3. The Bertz CT molecular complexity index is 477. The first-order valence-electron chi connectivity index (χ1n) is 4.50. The number of esters is 1. The van der Waals surface area contributed by atoms with Crippen molar-refractivity contribution in [1.29, 1.82) is 5.26 Å². The van der Waals surface area contributed by atoms with E-state index in [0.29, 0.717) is 10.8 Å². The molecule has 0 N–H and O–H groups in total. The number of rotatable bonds is 3. The number of aldehydes is 1. The van der Waals surface area contributed by atoms with Gasteiger partial charge < -0.3 is 4.74 Å². The number of nitriles is 1. The molecule has 0 aliphatic carbocycles. The first kappa shape index (κ1) is 12.4. The van der Waals surface area contributed by atoms with E-state index < -0.39 is 5.97 Å². The summed E-state index contributed by atoms with van der Waals surface area (Å²) >= 11 is 3.15. The molecule has 82 valence electrons. The van der Waals surface area contributed by atoms with E-state index in [4.69, 9.17) is 10.00 Å². The van der Waals surface area contributed by atoms with Gasteiger partial charge in [-0.05, 0) is 35.0 Å². The monoisotopic (exact) mass is 281 g/mol. The maximum Gasteiger partial charge on any atom is 0.339 e. The molecule has 0 atom stereocenters. The molecule has 0 aromatic heterocycles. The molecule has 0 spiro atoms. The molecule has 0 heterocycles. The van der Waals surface area contributed by atoms with Gasteiger partial charge in [-0.1, -0.05) is 0 Å². The Labute approximate surface area is 101 Å². The lowest BCUT2D eigenvalue weighted by Crippen LogP contribution is -2.07. The number of hydrogen-bond donors (Lipinski definition) is 0. The van der Waals surface area contributed by atoms with Crippen molar-refractivity contribution in [2.24, 2.45) is 0 Å². The Hall–Kier alpha value is -1.67. The predicted octanol–water partition coefficient (Wildman–Crippen LogP) is 2.31. The minimum atomic E-state index is -0.525. The number of carbonyl (C=O) groups excluding carboxylic acids is 2. The van der Waals surface area contributed by atoms with Crippen LogP contribution in [0.3, 0.4) is 0 Å². The van der Waals surface area contributed by atoms with Crippen molar-refractivity contribution < 1.29 is 14.3 Å². The Morgan fingerprint density at radius 1 is 1.62 bits per heavy atom. The molecular weight excluding hydrogens is 274 g/mol. The average molecular weight is 282 g/mol. The van der Waals surface area contributed by atoms with Crippen molar-refractivity contribution >= 4 is 28.2 Å². The molecular formula is C11H8BrNO3. The average Bonchev–Trinajstić information content (AvgIpc) is 2.28. The second-order valence-corrected chi connectivity index (χ2v) is 3.72. The third-order valence-electron chi connectivity index (χ3n) is 1.88. The van der Waals surface area contributed by atoms with E-state index in [1.165, 1.54) is 12.1 Å². The molecule has 1 aromatic carbocycles. The summed E-state index contributed by atoms with van der Waals surface area (Å²) in [7, 11) is 0. The van der Waals surface area contributed by atoms with Gasteiger partial charge in [0.2, 0.25) is 0 Å². The van der Waals surface area contributed by atoms with Crippen molar-refractivity contribution in [2.45, 2.75) is 6.92 Å². The van der Waals surface area contributed by atoms with Gasteiger partial charge in [-0.3, -0.25) is 4.79 Å². The third-order valence-corrected chi connectivity index (χ3v) is 2.54. The van der Waals surface area contributed by atoms with Crippen LogP contribution in [0.4, 0.5) is 0 Å². The molecule has 0 aliphatic rings. The van der Waals surface area contributed by atoms with E-state index >= 15 is 0 Å². The highest BCUT2D eigenvalue weighted by atomic mass is 79.9. The number of benzene rings is 1. The van der Waals surface area contributed by atoms with Crippen LogP contribution < -0.4 is 0 Å². The summed E-state index contributed by atoms with van der Waals surface area (Å²) in [4.78, 5) is 22.1. The van der Waals surface area contributed by atoms with Crippen LogP contribution in [-0.4, -0.2) is 18.9 Å². The van der Waals surface area contributed by atoms with Crippen LogP contribution in [0.2, 0.25) is 0 Å². The maximum atomic E-state index is 11.5. The number of halogens is 1. The molecule has 0 amide bonds. The van der Waals surface area contributed by atoms with Crippen LogP contribution in [0.5, 0.6) is 0 Å². The van der Waals surface area contributed by atoms with Gasteiger partial charge in [0.25, 0.3) is 0 Å². The minimum Gasteiger partial charge on any atom is -0.462 e. The summed E-state index contributed by atoms with van der Waals surface area (Å²) in [5.74, 6) is -0.525. The van der Waals surface area contributed by atoms with E-state index in [2.05, 4.69) is 15.9 Å². The van der Waals surface area contributed by atoms with E-state index in [9.17, 15) is 9.59 Å². The third kappa shape index (κ3) is 2.47. The number of hydrogen-bond acceptors (Lipinski definition) is 4. The van der Waals surface area contributed by atoms with Crippen molar-refractivity contribution in [3.05, 3.63) is 33.3 Å². The minimum absolute atomic E-state index is 0.154. The summed E-state index contributed by atoms with van der Waals surface area (Å²) in [6.45, 7) is 1.94. The second-order valence-electron chi connectivity index (χ2n) is 2.87. The van der Waals surface area contributed by atoms with Crippen LogP contribution in [0.25, 0.3) is 0 Å². The normalized spacial score (nSPS) is 9.31. The van der Waals surface area contributed by atoms with Crippen molar-refractivity contribution in [2.75, 3.05) is 6.61 Å². The zero-order valence-corrected chi connectivity index (χ0v) is 10.1. The van der Waals surface area contributed by atoms with Crippen LogP contribution in [0, 0.1) is 11.3 Å². The summed E-state index contributed by atoms with van der Waals surface area (Å²) in [6, 6.07) is 4.62. The van der Waals surface area contributed by atoms with Gasteiger partial charge in [0.1, 0.15) is 0 Å². The zero-order chi connectivity index (χ0) is 12.1. The summed E-state index contributed by atoms with van der Waals surface area (Å²) in [5.41, 5.74) is 0.632. The van der Waals surface area contributed by atoms with Gasteiger partial charge in [-0.25, -0.2) is 4.79 Å². The predicted molar refractivity (Wildman–Crippen MR) is 60.2 cm³/mol. The molecule has 1 rings (SSSR count). The fourth-order valence-electron chi connectivity index (χ4n) is 1.15. The van der Waals surface area contributed by atoms with Gasteiger partial charge in [0.15, 0.2) is 6.29 Å². The first-order chi connectivity index (χ1) is 7.63. The van der Waals surface area contributed by atoms with Gasteiger partial charge in [0.05, 0.1) is 23.8 Å². The number of carbonyl (C=O) groups is 2. The summed E-state index contributed by atoms with van der Waals surface area (Å²) < 4.78 is 5.25. The van der Waals surface area contributed by atoms with Gasteiger partial charge >= 0.3 is 5.97 Å². The fraction of sp³-hybridized carbons (Fsp3) is 0.182. The second kappa shape index (κ2) is 5.42. The molecule has 0 saturated heterocycles. The molecule has 1 aromatic rings. The largest absolute Gasteiger partial charge is 0.462 e. The Morgan fingerprint density at radius 2 is 2.31 bits per heavy atom. The molecule has 0 radical (unpaired) electrons. The lowest BCUT2D eigenvalue weighted by Gasteiger charge is -2.05. The van der Waals surface area contributed by atoms with E-state index in [-0.39, 0.29) is 23.3 Å². The lowest BCUT2D eigenvalue weighted by atomic mass is 10.1. The highest BCUT2D eigenvalue weighted by Gasteiger charge is 2.14. The van der Waals surface area contributed by atoms with Gasteiger partial charge in [-0.2, -0.15) is 5.26 Å². The Morgan fingerprint density at radius 3 is 2.81 bits per heavy atom. The van der Waals surface area contributed by atoms with E-state index in [0.717, 1.165) is 0 Å². The van der Waals surface area contributed by atoms with Crippen LogP contribution in [0.15, 0.2) is 16.6 Å². The Kier molecular flexibility index (Phi) is 4.20. The maximum absolute atomic E-state index is 11.5. The van der Waals surface area contributed by atoms with Crippen LogP contribution in [-0.2, 0) is 4.74 Å². The topological polar surface area (TPSA) is 67.2 Å².